The highest BCUT2D eigenvalue weighted by molar-refractivity contribution is 6.38. The normalized spacial score (nSPS) is 24.3. The summed E-state index contributed by atoms with van der Waals surface area (Å²) in [7, 11) is 0. The van der Waals surface area contributed by atoms with Crippen LogP contribution in [-0.4, -0.2) is 40.0 Å². The minimum atomic E-state index is -0.806. The van der Waals surface area contributed by atoms with E-state index in [9.17, 15) is 14.7 Å². The Hall–Kier alpha value is -2.01. The van der Waals surface area contributed by atoms with Crippen molar-refractivity contribution >= 4 is 34.4 Å². The minimum Gasteiger partial charge on any atom is -0.481 e. The van der Waals surface area contributed by atoms with E-state index in [-0.39, 0.29) is 18.4 Å². The SMILES string of the molecule is O=C(O)[C@H]1CN(C(=O)c2[nH]c3ccccc3c2Cl)C[C@@H]1C1CC1. The minimum absolute atomic E-state index is 0.0691. The van der Waals surface area contributed by atoms with E-state index in [4.69, 9.17) is 11.6 Å². The van der Waals surface area contributed by atoms with Gasteiger partial charge in [0.2, 0.25) is 0 Å². The first kappa shape index (κ1) is 14.6. The molecular formula is C17H17ClN2O3. The van der Waals surface area contributed by atoms with E-state index in [2.05, 4.69) is 4.98 Å². The molecule has 0 unspecified atom stereocenters. The highest BCUT2D eigenvalue weighted by atomic mass is 35.5. The second-order valence-electron chi connectivity index (χ2n) is 6.52. The van der Waals surface area contributed by atoms with E-state index >= 15 is 0 Å². The molecule has 4 rings (SSSR count). The molecule has 2 aliphatic rings. The van der Waals surface area contributed by atoms with Crippen molar-refractivity contribution in [2.45, 2.75) is 12.8 Å². The van der Waals surface area contributed by atoms with Gasteiger partial charge in [-0.15, -0.1) is 0 Å². The second-order valence-corrected chi connectivity index (χ2v) is 6.89. The third-order valence-electron chi connectivity index (χ3n) is 5.05. The number of carbonyl (C=O) groups excluding carboxylic acids is 1. The molecule has 120 valence electrons. The van der Waals surface area contributed by atoms with Crippen molar-refractivity contribution < 1.29 is 14.7 Å². The standard InChI is InChI=1S/C17H17ClN2O3/c18-14-10-3-1-2-4-13(10)19-15(14)16(21)20-7-11(9-5-6-9)12(8-20)17(22)23/h1-4,9,11-12,19H,5-8H2,(H,22,23)/t11-,12+/m1/s1. The Bertz CT molecular complexity index is 796. The topological polar surface area (TPSA) is 73.4 Å². The molecule has 0 spiro atoms. The van der Waals surface area contributed by atoms with Crippen LogP contribution >= 0.6 is 11.6 Å². The van der Waals surface area contributed by atoms with Gasteiger partial charge in [0.15, 0.2) is 0 Å². The maximum atomic E-state index is 12.8. The predicted octanol–water partition coefficient (Wildman–Crippen LogP) is 3.00. The van der Waals surface area contributed by atoms with Gasteiger partial charge in [-0.25, -0.2) is 0 Å². The molecule has 2 aromatic rings. The molecule has 5 nitrogen and oxygen atoms in total. The molecule has 1 saturated carbocycles. The number of rotatable bonds is 3. The smallest absolute Gasteiger partial charge is 0.308 e. The van der Waals surface area contributed by atoms with Gasteiger partial charge in [0.25, 0.3) is 5.91 Å². The summed E-state index contributed by atoms with van der Waals surface area (Å²) < 4.78 is 0. The summed E-state index contributed by atoms with van der Waals surface area (Å²) in [6, 6.07) is 7.48. The van der Waals surface area contributed by atoms with Crippen LogP contribution in [0, 0.1) is 17.8 Å². The first-order valence-electron chi connectivity index (χ1n) is 7.84. The van der Waals surface area contributed by atoms with Gasteiger partial charge in [-0.3, -0.25) is 9.59 Å². The average molecular weight is 333 g/mol. The maximum absolute atomic E-state index is 12.8. The van der Waals surface area contributed by atoms with Gasteiger partial charge in [-0.2, -0.15) is 0 Å². The molecule has 0 bridgehead atoms. The van der Waals surface area contributed by atoms with Gasteiger partial charge >= 0.3 is 5.97 Å². The summed E-state index contributed by atoms with van der Waals surface area (Å²) >= 11 is 6.35. The van der Waals surface area contributed by atoms with E-state index in [1.54, 1.807) is 4.90 Å². The molecule has 1 saturated heterocycles. The predicted molar refractivity (Wildman–Crippen MR) is 86.6 cm³/mol. The molecule has 1 aliphatic heterocycles. The van der Waals surface area contributed by atoms with Crippen LogP contribution in [0.4, 0.5) is 0 Å². The van der Waals surface area contributed by atoms with Gasteiger partial charge < -0.3 is 15.0 Å². The van der Waals surface area contributed by atoms with Crippen LogP contribution < -0.4 is 0 Å². The molecule has 1 aliphatic carbocycles. The van der Waals surface area contributed by atoms with Crippen molar-refractivity contribution in [3.63, 3.8) is 0 Å². The van der Waals surface area contributed by atoms with E-state index < -0.39 is 11.9 Å². The number of likely N-dealkylation sites (tertiary alicyclic amines) is 1. The van der Waals surface area contributed by atoms with Crippen molar-refractivity contribution in [1.29, 1.82) is 0 Å². The fourth-order valence-electron chi connectivity index (χ4n) is 3.67. The molecular weight excluding hydrogens is 316 g/mol. The Kier molecular flexibility index (Phi) is 3.34. The molecule has 23 heavy (non-hydrogen) atoms. The van der Waals surface area contributed by atoms with Gasteiger partial charge in [0, 0.05) is 24.0 Å². The molecule has 2 N–H and O–H groups in total. The number of carboxylic acids is 1. The number of hydrogen-bond donors (Lipinski definition) is 2. The first-order valence-corrected chi connectivity index (χ1v) is 8.22. The Labute approximate surface area is 138 Å². The summed E-state index contributed by atoms with van der Waals surface area (Å²) in [5.74, 6) is -0.957. The maximum Gasteiger partial charge on any atom is 0.308 e. The fraction of sp³-hybridized carbons (Fsp3) is 0.412. The van der Waals surface area contributed by atoms with Crippen LogP contribution in [0.3, 0.4) is 0 Å². The number of halogens is 1. The van der Waals surface area contributed by atoms with Crippen LogP contribution in [0.25, 0.3) is 10.9 Å². The van der Waals surface area contributed by atoms with Crippen LogP contribution in [0.5, 0.6) is 0 Å². The van der Waals surface area contributed by atoms with E-state index in [1.165, 1.54) is 0 Å². The number of para-hydroxylation sites is 1. The Morgan fingerprint density at radius 2 is 1.96 bits per heavy atom. The van der Waals surface area contributed by atoms with E-state index in [0.29, 0.717) is 23.2 Å². The number of amides is 1. The van der Waals surface area contributed by atoms with E-state index in [1.807, 2.05) is 24.3 Å². The molecule has 2 atom stereocenters. The van der Waals surface area contributed by atoms with Crippen molar-refractivity contribution in [1.82, 2.24) is 9.88 Å². The van der Waals surface area contributed by atoms with Crippen LogP contribution in [0.15, 0.2) is 24.3 Å². The van der Waals surface area contributed by atoms with Gasteiger partial charge in [0.1, 0.15) is 5.69 Å². The van der Waals surface area contributed by atoms with Crippen molar-refractivity contribution in [3.05, 3.63) is 35.0 Å². The molecule has 1 aromatic carbocycles. The molecule has 1 amide bonds. The molecule has 2 fully saturated rings. The zero-order valence-corrected chi connectivity index (χ0v) is 13.2. The van der Waals surface area contributed by atoms with Gasteiger partial charge in [-0.05, 0) is 30.7 Å². The highest BCUT2D eigenvalue weighted by Gasteiger charge is 2.47. The van der Waals surface area contributed by atoms with Gasteiger partial charge in [-0.1, -0.05) is 29.8 Å². The number of hydrogen-bond acceptors (Lipinski definition) is 2. The average Bonchev–Trinajstić information content (AvgIpc) is 3.20. The first-order chi connectivity index (χ1) is 11.1. The lowest BCUT2D eigenvalue weighted by molar-refractivity contribution is -0.142. The van der Waals surface area contributed by atoms with Crippen molar-refractivity contribution in [2.24, 2.45) is 17.8 Å². The summed E-state index contributed by atoms with van der Waals surface area (Å²) in [4.78, 5) is 29.0. The Morgan fingerprint density at radius 1 is 1.22 bits per heavy atom. The summed E-state index contributed by atoms with van der Waals surface area (Å²) in [6.07, 6.45) is 2.15. The monoisotopic (exact) mass is 332 g/mol. The third-order valence-corrected chi connectivity index (χ3v) is 5.45. The number of carboxylic acid groups (broad SMARTS) is 1. The zero-order valence-electron chi connectivity index (χ0n) is 12.5. The fourth-order valence-corrected chi connectivity index (χ4v) is 3.96. The number of nitrogens with one attached hydrogen (secondary N) is 1. The van der Waals surface area contributed by atoms with Crippen LogP contribution in [0.2, 0.25) is 5.02 Å². The molecule has 2 heterocycles. The molecule has 0 radical (unpaired) electrons. The number of nitrogens with zero attached hydrogens (tertiary/aromatic N) is 1. The number of fused-ring (bicyclic) bond motifs is 1. The molecule has 1 aromatic heterocycles. The summed E-state index contributed by atoms with van der Waals surface area (Å²) in [6.45, 7) is 0.771. The number of aromatic amines is 1. The number of carbonyl (C=O) groups is 2. The van der Waals surface area contributed by atoms with Crippen LogP contribution in [-0.2, 0) is 4.79 Å². The lowest BCUT2D eigenvalue weighted by Gasteiger charge is -2.15. The number of aliphatic carboxylic acids is 1. The lowest BCUT2D eigenvalue weighted by atomic mass is 9.92. The summed E-state index contributed by atoms with van der Waals surface area (Å²) in [5, 5.41) is 10.6. The third kappa shape index (κ3) is 2.39. The van der Waals surface area contributed by atoms with Gasteiger partial charge in [0.05, 0.1) is 10.9 Å². The zero-order chi connectivity index (χ0) is 16.1. The Morgan fingerprint density at radius 3 is 2.61 bits per heavy atom. The second kappa shape index (κ2) is 5.27. The lowest BCUT2D eigenvalue weighted by Crippen LogP contribution is -2.30. The largest absolute Gasteiger partial charge is 0.481 e. The number of H-pyrrole nitrogens is 1. The number of benzene rings is 1. The molecule has 6 heteroatoms. The Balaban J connectivity index is 1.63. The van der Waals surface area contributed by atoms with Crippen molar-refractivity contribution in [3.8, 4) is 0 Å². The quantitative estimate of drug-likeness (QED) is 0.907. The number of aromatic nitrogens is 1. The van der Waals surface area contributed by atoms with Crippen molar-refractivity contribution in [2.75, 3.05) is 13.1 Å². The van der Waals surface area contributed by atoms with Crippen LogP contribution in [0.1, 0.15) is 23.3 Å². The van der Waals surface area contributed by atoms with E-state index in [0.717, 1.165) is 23.7 Å². The summed E-state index contributed by atoms with van der Waals surface area (Å²) in [5.41, 5.74) is 1.17. The highest BCUT2D eigenvalue weighted by Crippen LogP contribution is 2.44.